The molecule has 0 saturated carbocycles. The molecule has 6 heteroatoms. The molecule has 0 bridgehead atoms. The summed E-state index contributed by atoms with van der Waals surface area (Å²) in [6.45, 7) is 2.25. The monoisotopic (exact) mass is 353 g/mol. The molecule has 1 aromatic carbocycles. The first kappa shape index (κ1) is 16.8. The lowest BCUT2D eigenvalue weighted by Crippen LogP contribution is -2.44. The van der Waals surface area contributed by atoms with Crippen molar-refractivity contribution in [3.05, 3.63) is 47.2 Å². The van der Waals surface area contributed by atoms with E-state index < -0.39 is 11.6 Å². The number of nitrogens with zero attached hydrogens (tertiary/aromatic N) is 2. The summed E-state index contributed by atoms with van der Waals surface area (Å²) in [5.41, 5.74) is 1.95. The summed E-state index contributed by atoms with van der Waals surface area (Å²) >= 11 is 0. The lowest BCUT2D eigenvalue weighted by atomic mass is 9.92. The van der Waals surface area contributed by atoms with Gasteiger partial charge in [-0.15, -0.1) is 0 Å². The highest BCUT2D eigenvalue weighted by molar-refractivity contribution is 6.10. The van der Waals surface area contributed by atoms with Gasteiger partial charge in [-0.1, -0.05) is 30.3 Å². The van der Waals surface area contributed by atoms with E-state index in [-0.39, 0.29) is 18.4 Å². The molecule has 3 aliphatic rings. The Morgan fingerprint density at radius 1 is 1.27 bits per heavy atom. The molecule has 1 saturated heterocycles. The molecule has 6 nitrogen and oxygen atoms in total. The van der Waals surface area contributed by atoms with Crippen LogP contribution in [0.3, 0.4) is 0 Å². The van der Waals surface area contributed by atoms with Crippen molar-refractivity contribution in [2.75, 3.05) is 13.1 Å². The van der Waals surface area contributed by atoms with E-state index in [1.54, 1.807) is 4.90 Å². The van der Waals surface area contributed by atoms with Crippen LogP contribution in [0, 0.1) is 0 Å². The van der Waals surface area contributed by atoms with Crippen molar-refractivity contribution >= 4 is 17.8 Å². The van der Waals surface area contributed by atoms with Gasteiger partial charge in [0.25, 0.3) is 5.91 Å². The van der Waals surface area contributed by atoms with Crippen LogP contribution in [0.2, 0.25) is 0 Å². The minimum absolute atomic E-state index is 0.201. The summed E-state index contributed by atoms with van der Waals surface area (Å²) in [6.07, 6.45) is 6.26. The number of hydrogen-bond acceptors (Lipinski definition) is 3. The van der Waals surface area contributed by atoms with Crippen molar-refractivity contribution in [2.45, 2.75) is 44.6 Å². The van der Waals surface area contributed by atoms with Gasteiger partial charge in [-0.3, -0.25) is 14.5 Å². The van der Waals surface area contributed by atoms with Gasteiger partial charge in [-0.25, -0.2) is 4.79 Å². The van der Waals surface area contributed by atoms with Gasteiger partial charge >= 0.3 is 6.03 Å². The fourth-order valence-electron chi connectivity index (χ4n) is 4.39. The second-order valence-electron chi connectivity index (χ2n) is 7.11. The number of carbonyl (C=O) groups is 3. The van der Waals surface area contributed by atoms with Gasteiger partial charge in [-0.05, 0) is 50.2 Å². The standard InChI is InChI=1S/C20H23N3O3/c1-2-22(15-8-4-5-9-15)17(24)13-23-18(25)20(21-19(23)26)12-11-14-7-3-6-10-16(14)20/h3,6-8,10H,2,4-5,9,11-13H2,1H3,(H,21,26). The van der Waals surface area contributed by atoms with Crippen LogP contribution in [0.4, 0.5) is 4.79 Å². The number of urea groups is 1. The molecule has 1 atom stereocenters. The van der Waals surface area contributed by atoms with Gasteiger partial charge in [0.2, 0.25) is 5.91 Å². The Morgan fingerprint density at radius 3 is 2.81 bits per heavy atom. The van der Waals surface area contributed by atoms with Gasteiger partial charge in [-0.2, -0.15) is 0 Å². The molecule has 1 aliphatic heterocycles. The maximum Gasteiger partial charge on any atom is 0.325 e. The largest absolute Gasteiger partial charge is 0.325 e. The third-order valence-electron chi connectivity index (χ3n) is 5.70. The van der Waals surface area contributed by atoms with E-state index in [1.165, 1.54) is 0 Å². The Hall–Kier alpha value is -2.63. The number of amides is 4. The Morgan fingerprint density at radius 2 is 2.08 bits per heavy atom. The Bertz CT molecular complexity index is 816. The van der Waals surface area contributed by atoms with E-state index in [0.29, 0.717) is 13.0 Å². The van der Waals surface area contributed by atoms with Crippen LogP contribution < -0.4 is 5.32 Å². The Kier molecular flexibility index (Phi) is 4.05. The number of carbonyl (C=O) groups excluding carboxylic acids is 3. The molecule has 1 aromatic rings. The zero-order valence-electron chi connectivity index (χ0n) is 15.0. The van der Waals surface area contributed by atoms with Gasteiger partial charge in [0.05, 0.1) is 0 Å². The molecule has 1 N–H and O–H groups in total. The smallest absolute Gasteiger partial charge is 0.319 e. The molecule has 136 valence electrons. The third kappa shape index (κ3) is 2.43. The average Bonchev–Trinajstić information content (AvgIpc) is 3.34. The number of rotatable bonds is 4. The van der Waals surface area contributed by atoms with Crippen molar-refractivity contribution in [1.29, 1.82) is 0 Å². The lowest BCUT2D eigenvalue weighted by molar-refractivity contribution is -0.138. The summed E-state index contributed by atoms with van der Waals surface area (Å²) in [7, 11) is 0. The second kappa shape index (κ2) is 6.27. The maximum absolute atomic E-state index is 13.1. The predicted octanol–water partition coefficient (Wildman–Crippen LogP) is 2.30. The normalized spacial score (nSPS) is 24.0. The predicted molar refractivity (Wildman–Crippen MR) is 96.0 cm³/mol. The topological polar surface area (TPSA) is 69.7 Å². The molecule has 0 aromatic heterocycles. The fraction of sp³-hybridized carbons (Fsp3) is 0.450. The number of fused-ring (bicyclic) bond motifs is 2. The molecule has 4 rings (SSSR count). The first-order valence-corrected chi connectivity index (χ1v) is 9.28. The minimum atomic E-state index is -1.00. The van der Waals surface area contributed by atoms with Crippen LogP contribution in [-0.2, 0) is 21.5 Å². The lowest BCUT2D eigenvalue weighted by Gasteiger charge is -2.25. The zero-order chi connectivity index (χ0) is 18.3. The quantitative estimate of drug-likeness (QED) is 0.845. The third-order valence-corrected chi connectivity index (χ3v) is 5.70. The van der Waals surface area contributed by atoms with Gasteiger partial charge in [0.1, 0.15) is 12.1 Å². The van der Waals surface area contributed by atoms with E-state index >= 15 is 0 Å². The number of benzene rings is 1. The van der Waals surface area contributed by atoms with Crippen LogP contribution in [0.25, 0.3) is 0 Å². The van der Waals surface area contributed by atoms with Crippen LogP contribution in [-0.4, -0.2) is 40.7 Å². The summed E-state index contributed by atoms with van der Waals surface area (Å²) in [5, 5.41) is 2.87. The van der Waals surface area contributed by atoms with Gasteiger partial charge in [0, 0.05) is 12.2 Å². The van der Waals surface area contributed by atoms with E-state index in [2.05, 4.69) is 11.4 Å². The molecular formula is C20H23N3O3. The van der Waals surface area contributed by atoms with Crippen LogP contribution in [0.5, 0.6) is 0 Å². The van der Waals surface area contributed by atoms with Crippen molar-refractivity contribution < 1.29 is 14.4 Å². The van der Waals surface area contributed by atoms with Crippen LogP contribution >= 0.6 is 0 Å². The summed E-state index contributed by atoms with van der Waals surface area (Å²) in [4.78, 5) is 41.2. The zero-order valence-corrected chi connectivity index (χ0v) is 15.0. The van der Waals surface area contributed by atoms with Crippen LogP contribution in [0.1, 0.15) is 43.7 Å². The summed E-state index contributed by atoms with van der Waals surface area (Å²) in [5.74, 6) is -0.510. The van der Waals surface area contributed by atoms with Crippen molar-refractivity contribution in [1.82, 2.24) is 15.1 Å². The SMILES string of the molecule is CCN(C(=O)CN1C(=O)NC2(CCc3ccccc32)C1=O)C1=CCCC1. The fourth-order valence-corrected chi connectivity index (χ4v) is 4.39. The first-order chi connectivity index (χ1) is 12.6. The molecule has 2 aliphatic carbocycles. The number of likely N-dealkylation sites (N-methyl/N-ethyl adjacent to an activating group) is 1. The number of allylic oxidation sites excluding steroid dienone is 2. The Balaban J connectivity index is 1.56. The van der Waals surface area contributed by atoms with Crippen molar-refractivity contribution in [3.8, 4) is 0 Å². The highest BCUT2D eigenvalue weighted by Crippen LogP contribution is 2.41. The maximum atomic E-state index is 13.1. The minimum Gasteiger partial charge on any atom is -0.319 e. The van der Waals surface area contributed by atoms with E-state index in [1.807, 2.05) is 31.2 Å². The van der Waals surface area contributed by atoms with Crippen molar-refractivity contribution in [3.63, 3.8) is 0 Å². The second-order valence-corrected chi connectivity index (χ2v) is 7.11. The number of hydrogen-bond donors (Lipinski definition) is 1. The molecule has 1 unspecified atom stereocenters. The van der Waals surface area contributed by atoms with Gasteiger partial charge in [0.15, 0.2) is 0 Å². The molecule has 1 heterocycles. The molecule has 1 fully saturated rings. The Labute approximate surface area is 152 Å². The number of aryl methyl sites for hydroxylation is 1. The van der Waals surface area contributed by atoms with E-state index in [4.69, 9.17) is 0 Å². The van der Waals surface area contributed by atoms with E-state index in [0.717, 1.165) is 47.4 Å². The molecule has 26 heavy (non-hydrogen) atoms. The highest BCUT2D eigenvalue weighted by atomic mass is 16.2. The number of imide groups is 1. The summed E-state index contributed by atoms with van der Waals surface area (Å²) < 4.78 is 0. The molecule has 0 radical (unpaired) electrons. The van der Waals surface area contributed by atoms with E-state index in [9.17, 15) is 14.4 Å². The summed E-state index contributed by atoms with van der Waals surface area (Å²) in [6, 6.07) is 7.23. The van der Waals surface area contributed by atoms with Gasteiger partial charge < -0.3 is 10.2 Å². The highest BCUT2D eigenvalue weighted by Gasteiger charge is 2.55. The number of nitrogens with one attached hydrogen (secondary N) is 1. The molecule has 4 amide bonds. The molecular weight excluding hydrogens is 330 g/mol. The average molecular weight is 353 g/mol. The van der Waals surface area contributed by atoms with Crippen LogP contribution in [0.15, 0.2) is 36.0 Å². The molecule has 1 spiro atoms. The van der Waals surface area contributed by atoms with Crippen molar-refractivity contribution in [2.24, 2.45) is 0 Å². The first-order valence-electron chi connectivity index (χ1n) is 9.28.